The molecule has 2 aromatic rings. The van der Waals surface area contributed by atoms with Gasteiger partial charge in [-0.15, -0.1) is 0 Å². The molecule has 1 heterocycles. The molecule has 2 rings (SSSR count). The molecule has 0 aliphatic rings. The standard InChI is InChI=1S/C12H12F2N2/c1-2-3-7-4-8-5-9(13)6-10(14)11(8)16-12(7)15/h4-6H,2-3H2,1H3,(H2,15,16). The van der Waals surface area contributed by atoms with E-state index < -0.39 is 11.6 Å². The van der Waals surface area contributed by atoms with Crippen LogP contribution in [-0.4, -0.2) is 4.98 Å². The first kappa shape index (κ1) is 10.8. The molecule has 0 bridgehead atoms. The molecular formula is C12H12F2N2. The summed E-state index contributed by atoms with van der Waals surface area (Å²) in [6.45, 7) is 2.01. The van der Waals surface area contributed by atoms with Crippen LogP contribution in [0.25, 0.3) is 10.9 Å². The number of nitrogens with two attached hydrogens (primary N) is 1. The molecule has 0 unspecified atom stereocenters. The van der Waals surface area contributed by atoms with Gasteiger partial charge in [-0.3, -0.25) is 0 Å². The van der Waals surface area contributed by atoms with Crippen LogP contribution in [0.5, 0.6) is 0 Å². The molecule has 0 aliphatic carbocycles. The van der Waals surface area contributed by atoms with Crippen LogP contribution >= 0.6 is 0 Å². The lowest BCUT2D eigenvalue weighted by Gasteiger charge is -2.06. The van der Waals surface area contributed by atoms with Gasteiger partial charge in [0.1, 0.15) is 17.2 Å². The lowest BCUT2D eigenvalue weighted by atomic mass is 10.1. The van der Waals surface area contributed by atoms with Crippen LogP contribution in [0.2, 0.25) is 0 Å². The molecule has 0 amide bonds. The predicted octanol–water partition coefficient (Wildman–Crippen LogP) is 3.05. The number of hydrogen-bond donors (Lipinski definition) is 1. The number of anilines is 1. The molecule has 0 fully saturated rings. The Kier molecular flexibility index (Phi) is 2.73. The summed E-state index contributed by atoms with van der Waals surface area (Å²) in [4.78, 5) is 3.97. The second-order valence-electron chi connectivity index (χ2n) is 3.74. The molecule has 2 N–H and O–H groups in total. The fourth-order valence-corrected chi connectivity index (χ4v) is 1.74. The predicted molar refractivity (Wildman–Crippen MR) is 60.1 cm³/mol. The first-order chi connectivity index (χ1) is 7.61. The number of pyridine rings is 1. The maximum absolute atomic E-state index is 13.4. The molecule has 0 spiro atoms. The number of hydrogen-bond acceptors (Lipinski definition) is 2. The van der Waals surface area contributed by atoms with E-state index in [0.29, 0.717) is 11.2 Å². The maximum Gasteiger partial charge on any atom is 0.152 e. The van der Waals surface area contributed by atoms with Crippen molar-refractivity contribution in [2.75, 3.05) is 5.73 Å². The van der Waals surface area contributed by atoms with Crippen LogP contribution in [0.3, 0.4) is 0 Å². The Balaban J connectivity index is 2.69. The summed E-state index contributed by atoms with van der Waals surface area (Å²) >= 11 is 0. The SMILES string of the molecule is CCCc1cc2cc(F)cc(F)c2nc1N. The molecule has 84 valence electrons. The first-order valence-corrected chi connectivity index (χ1v) is 5.16. The number of aromatic nitrogens is 1. The molecular weight excluding hydrogens is 210 g/mol. The van der Waals surface area contributed by atoms with Crippen molar-refractivity contribution in [2.45, 2.75) is 19.8 Å². The number of rotatable bonds is 2. The van der Waals surface area contributed by atoms with Crippen molar-refractivity contribution in [1.29, 1.82) is 0 Å². The van der Waals surface area contributed by atoms with Crippen LogP contribution in [0.4, 0.5) is 14.6 Å². The second-order valence-corrected chi connectivity index (χ2v) is 3.74. The quantitative estimate of drug-likeness (QED) is 0.848. The average molecular weight is 222 g/mol. The molecule has 2 nitrogen and oxygen atoms in total. The van der Waals surface area contributed by atoms with Crippen LogP contribution in [0, 0.1) is 11.6 Å². The van der Waals surface area contributed by atoms with Crippen molar-refractivity contribution in [3.05, 3.63) is 35.4 Å². The van der Waals surface area contributed by atoms with Crippen LogP contribution in [0.15, 0.2) is 18.2 Å². The Morgan fingerprint density at radius 3 is 2.69 bits per heavy atom. The van der Waals surface area contributed by atoms with Gasteiger partial charge in [-0.2, -0.15) is 0 Å². The van der Waals surface area contributed by atoms with Crippen molar-refractivity contribution in [1.82, 2.24) is 4.98 Å². The Morgan fingerprint density at radius 1 is 1.25 bits per heavy atom. The van der Waals surface area contributed by atoms with Gasteiger partial charge in [0, 0.05) is 11.5 Å². The Hall–Kier alpha value is -1.71. The van der Waals surface area contributed by atoms with Gasteiger partial charge < -0.3 is 5.73 Å². The van der Waals surface area contributed by atoms with Crippen molar-refractivity contribution in [3.8, 4) is 0 Å². The zero-order valence-electron chi connectivity index (χ0n) is 8.93. The van der Waals surface area contributed by atoms with Gasteiger partial charge in [0.05, 0.1) is 0 Å². The number of benzene rings is 1. The third-order valence-electron chi connectivity index (χ3n) is 2.47. The normalized spacial score (nSPS) is 10.9. The summed E-state index contributed by atoms with van der Waals surface area (Å²) in [5.74, 6) is -0.955. The number of nitrogens with zero attached hydrogens (tertiary/aromatic N) is 1. The van der Waals surface area contributed by atoms with Gasteiger partial charge >= 0.3 is 0 Å². The molecule has 0 aliphatic heterocycles. The summed E-state index contributed by atoms with van der Waals surface area (Å²) in [5.41, 5.74) is 6.67. The zero-order valence-corrected chi connectivity index (χ0v) is 8.93. The van der Waals surface area contributed by atoms with Gasteiger partial charge in [0.2, 0.25) is 0 Å². The van der Waals surface area contributed by atoms with E-state index >= 15 is 0 Å². The maximum atomic E-state index is 13.4. The largest absolute Gasteiger partial charge is 0.383 e. The van der Waals surface area contributed by atoms with E-state index in [9.17, 15) is 8.78 Å². The fourth-order valence-electron chi connectivity index (χ4n) is 1.74. The van der Waals surface area contributed by atoms with Crippen LogP contribution in [-0.2, 0) is 6.42 Å². The molecule has 16 heavy (non-hydrogen) atoms. The molecule has 0 radical (unpaired) electrons. The van der Waals surface area contributed by atoms with E-state index in [0.717, 1.165) is 24.5 Å². The van der Waals surface area contributed by atoms with Gasteiger partial charge in [0.25, 0.3) is 0 Å². The van der Waals surface area contributed by atoms with Crippen molar-refractivity contribution >= 4 is 16.7 Å². The minimum Gasteiger partial charge on any atom is -0.383 e. The Bertz CT molecular complexity index is 538. The van der Waals surface area contributed by atoms with E-state index in [1.54, 1.807) is 6.07 Å². The van der Waals surface area contributed by atoms with E-state index in [4.69, 9.17) is 5.73 Å². The van der Waals surface area contributed by atoms with Crippen molar-refractivity contribution < 1.29 is 8.78 Å². The summed E-state index contributed by atoms with van der Waals surface area (Å²) < 4.78 is 26.4. The summed E-state index contributed by atoms with van der Waals surface area (Å²) in [5, 5.41) is 0.454. The third-order valence-corrected chi connectivity index (χ3v) is 2.47. The highest BCUT2D eigenvalue weighted by atomic mass is 19.1. The number of fused-ring (bicyclic) bond motifs is 1. The van der Waals surface area contributed by atoms with E-state index in [-0.39, 0.29) is 5.52 Å². The van der Waals surface area contributed by atoms with Crippen LogP contribution in [0.1, 0.15) is 18.9 Å². The van der Waals surface area contributed by atoms with Gasteiger partial charge in [0.15, 0.2) is 5.82 Å². The minimum atomic E-state index is -0.676. The monoisotopic (exact) mass is 222 g/mol. The number of nitrogen functional groups attached to an aromatic ring is 1. The number of aryl methyl sites for hydroxylation is 1. The smallest absolute Gasteiger partial charge is 0.152 e. The van der Waals surface area contributed by atoms with Gasteiger partial charge in [-0.05, 0) is 24.1 Å². The minimum absolute atomic E-state index is 0.124. The molecule has 0 saturated carbocycles. The van der Waals surface area contributed by atoms with E-state index in [1.165, 1.54) is 6.07 Å². The topological polar surface area (TPSA) is 38.9 Å². The lowest BCUT2D eigenvalue weighted by molar-refractivity contribution is 0.590. The molecule has 0 atom stereocenters. The van der Waals surface area contributed by atoms with Crippen LogP contribution < -0.4 is 5.73 Å². The molecule has 0 saturated heterocycles. The Labute approximate surface area is 92.1 Å². The molecule has 1 aromatic carbocycles. The van der Waals surface area contributed by atoms with Gasteiger partial charge in [-0.1, -0.05) is 13.3 Å². The Morgan fingerprint density at radius 2 is 2.00 bits per heavy atom. The zero-order chi connectivity index (χ0) is 11.7. The number of halogens is 2. The van der Waals surface area contributed by atoms with E-state index in [2.05, 4.69) is 4.98 Å². The highest BCUT2D eigenvalue weighted by Crippen LogP contribution is 2.22. The highest BCUT2D eigenvalue weighted by Gasteiger charge is 2.09. The van der Waals surface area contributed by atoms with Gasteiger partial charge in [-0.25, -0.2) is 13.8 Å². The highest BCUT2D eigenvalue weighted by molar-refractivity contribution is 5.82. The van der Waals surface area contributed by atoms with Crippen molar-refractivity contribution in [3.63, 3.8) is 0 Å². The molecule has 4 heteroatoms. The summed E-state index contributed by atoms with van der Waals surface area (Å²) in [6, 6.07) is 3.78. The fraction of sp³-hybridized carbons (Fsp3) is 0.250. The average Bonchev–Trinajstić information content (AvgIpc) is 2.21. The lowest BCUT2D eigenvalue weighted by Crippen LogP contribution is -1.99. The first-order valence-electron chi connectivity index (χ1n) is 5.16. The third kappa shape index (κ3) is 1.83. The van der Waals surface area contributed by atoms with Crippen molar-refractivity contribution in [2.24, 2.45) is 0 Å². The molecule has 1 aromatic heterocycles. The summed E-state index contributed by atoms with van der Waals surface area (Å²) in [7, 11) is 0. The van der Waals surface area contributed by atoms with E-state index in [1.807, 2.05) is 6.92 Å². The second kappa shape index (κ2) is 4.04. The summed E-state index contributed by atoms with van der Waals surface area (Å²) in [6.07, 6.45) is 1.67.